The van der Waals surface area contributed by atoms with Crippen molar-refractivity contribution in [3.63, 3.8) is 0 Å². The molecule has 0 aliphatic heterocycles. The summed E-state index contributed by atoms with van der Waals surface area (Å²) in [5, 5.41) is 2.85. The van der Waals surface area contributed by atoms with E-state index >= 15 is 0 Å². The molecular formula is C10H22N2OS. The number of hydrogen-bond acceptors (Lipinski definition) is 3. The quantitative estimate of drug-likeness (QED) is 0.632. The minimum absolute atomic E-state index is 0.0239. The molecule has 0 aliphatic rings. The smallest absolute Gasteiger partial charge is 0.237 e. The van der Waals surface area contributed by atoms with Crippen molar-refractivity contribution in [2.24, 2.45) is 11.7 Å². The largest absolute Gasteiger partial charge is 0.355 e. The van der Waals surface area contributed by atoms with Gasteiger partial charge in [-0.3, -0.25) is 4.79 Å². The van der Waals surface area contributed by atoms with Gasteiger partial charge < -0.3 is 11.1 Å². The lowest BCUT2D eigenvalue weighted by Gasteiger charge is -2.15. The highest BCUT2D eigenvalue weighted by Gasteiger charge is 2.15. The van der Waals surface area contributed by atoms with E-state index in [0.717, 1.165) is 25.1 Å². The molecule has 0 aliphatic carbocycles. The molecule has 0 aromatic rings. The van der Waals surface area contributed by atoms with E-state index in [9.17, 15) is 4.79 Å². The zero-order valence-electron chi connectivity index (χ0n) is 9.38. The van der Waals surface area contributed by atoms with Crippen molar-refractivity contribution in [1.29, 1.82) is 0 Å². The molecule has 0 aromatic heterocycles. The molecule has 1 atom stereocenters. The summed E-state index contributed by atoms with van der Waals surface area (Å²) < 4.78 is 0. The van der Waals surface area contributed by atoms with Gasteiger partial charge in [0, 0.05) is 6.54 Å². The predicted octanol–water partition coefficient (Wildman–Crippen LogP) is 1.23. The third-order valence-corrected chi connectivity index (χ3v) is 2.79. The average Bonchev–Trinajstić information content (AvgIpc) is 2.16. The summed E-state index contributed by atoms with van der Waals surface area (Å²) in [6.07, 6.45) is 4.28. The van der Waals surface area contributed by atoms with Gasteiger partial charge in [0.15, 0.2) is 0 Å². The third-order valence-electron chi connectivity index (χ3n) is 2.10. The first-order chi connectivity index (χ1) is 6.59. The van der Waals surface area contributed by atoms with E-state index in [-0.39, 0.29) is 17.9 Å². The summed E-state index contributed by atoms with van der Waals surface area (Å²) in [6, 6.07) is -0.365. The van der Waals surface area contributed by atoms with Crippen molar-refractivity contribution >= 4 is 17.7 Å². The number of amides is 1. The lowest BCUT2D eigenvalue weighted by Crippen LogP contribution is -2.44. The molecule has 14 heavy (non-hydrogen) atoms. The number of unbranched alkanes of at least 4 members (excludes halogenated alkanes) is 1. The Bertz CT molecular complexity index is 162. The Hall–Kier alpha value is -0.220. The van der Waals surface area contributed by atoms with Gasteiger partial charge in [0.1, 0.15) is 0 Å². The molecule has 0 aromatic carbocycles. The Kier molecular flexibility index (Phi) is 7.99. The van der Waals surface area contributed by atoms with Gasteiger partial charge in [0.2, 0.25) is 5.91 Å². The molecule has 3 N–H and O–H groups in total. The molecule has 0 rings (SSSR count). The molecule has 0 unspecified atom stereocenters. The van der Waals surface area contributed by atoms with Crippen LogP contribution in [0.25, 0.3) is 0 Å². The van der Waals surface area contributed by atoms with Gasteiger partial charge in [-0.2, -0.15) is 11.8 Å². The Morgan fingerprint density at radius 1 is 1.43 bits per heavy atom. The monoisotopic (exact) mass is 218 g/mol. The van der Waals surface area contributed by atoms with Gasteiger partial charge in [-0.25, -0.2) is 0 Å². The van der Waals surface area contributed by atoms with Crippen LogP contribution in [0.1, 0.15) is 26.7 Å². The second kappa shape index (κ2) is 8.12. The topological polar surface area (TPSA) is 55.1 Å². The van der Waals surface area contributed by atoms with Crippen LogP contribution < -0.4 is 11.1 Å². The number of rotatable bonds is 7. The van der Waals surface area contributed by atoms with Gasteiger partial charge in [-0.05, 0) is 30.8 Å². The maximum absolute atomic E-state index is 11.4. The molecule has 0 fully saturated rings. The van der Waals surface area contributed by atoms with Gasteiger partial charge in [0.25, 0.3) is 0 Å². The van der Waals surface area contributed by atoms with E-state index in [1.54, 1.807) is 0 Å². The van der Waals surface area contributed by atoms with E-state index in [4.69, 9.17) is 5.73 Å². The van der Waals surface area contributed by atoms with Crippen molar-refractivity contribution in [3.8, 4) is 0 Å². The lowest BCUT2D eigenvalue weighted by molar-refractivity contribution is -0.123. The normalized spacial score (nSPS) is 12.9. The van der Waals surface area contributed by atoms with Crippen molar-refractivity contribution in [3.05, 3.63) is 0 Å². The van der Waals surface area contributed by atoms with Gasteiger partial charge >= 0.3 is 0 Å². The highest BCUT2D eigenvalue weighted by atomic mass is 32.2. The number of nitrogens with two attached hydrogens (primary N) is 1. The fourth-order valence-corrected chi connectivity index (χ4v) is 1.50. The van der Waals surface area contributed by atoms with E-state index < -0.39 is 0 Å². The van der Waals surface area contributed by atoms with Crippen LogP contribution in [0.15, 0.2) is 0 Å². The highest BCUT2D eigenvalue weighted by molar-refractivity contribution is 7.98. The highest BCUT2D eigenvalue weighted by Crippen LogP contribution is 1.99. The first kappa shape index (κ1) is 13.8. The number of carbonyl (C=O) groups excluding carboxylic acids is 1. The van der Waals surface area contributed by atoms with Crippen molar-refractivity contribution in [2.75, 3.05) is 18.6 Å². The first-order valence-corrected chi connectivity index (χ1v) is 6.51. The second-order valence-electron chi connectivity index (χ2n) is 3.76. The van der Waals surface area contributed by atoms with Crippen LogP contribution in [0.3, 0.4) is 0 Å². The number of carbonyl (C=O) groups is 1. The fraction of sp³-hybridized carbons (Fsp3) is 0.900. The predicted molar refractivity (Wildman–Crippen MR) is 63.4 cm³/mol. The van der Waals surface area contributed by atoms with Crippen LogP contribution >= 0.6 is 11.8 Å². The van der Waals surface area contributed by atoms with Crippen LogP contribution in [0.4, 0.5) is 0 Å². The van der Waals surface area contributed by atoms with Crippen LogP contribution in [-0.2, 0) is 4.79 Å². The Morgan fingerprint density at radius 2 is 2.07 bits per heavy atom. The molecule has 84 valence electrons. The zero-order chi connectivity index (χ0) is 11.0. The van der Waals surface area contributed by atoms with Crippen molar-refractivity contribution in [1.82, 2.24) is 5.32 Å². The van der Waals surface area contributed by atoms with Crippen LogP contribution in [0.5, 0.6) is 0 Å². The Morgan fingerprint density at radius 3 is 2.57 bits per heavy atom. The lowest BCUT2D eigenvalue weighted by atomic mass is 10.1. The van der Waals surface area contributed by atoms with E-state index in [0.29, 0.717) is 0 Å². The molecule has 1 amide bonds. The molecule has 0 radical (unpaired) electrons. The standard InChI is InChI=1S/C10H22N2OS/c1-8(2)9(11)10(13)12-6-4-5-7-14-3/h8-9H,4-7,11H2,1-3H3,(H,12,13)/t9-/m0/s1. The minimum Gasteiger partial charge on any atom is -0.355 e. The summed E-state index contributed by atoms with van der Waals surface area (Å²) in [5.74, 6) is 1.34. The maximum Gasteiger partial charge on any atom is 0.237 e. The van der Waals surface area contributed by atoms with Crippen LogP contribution in [-0.4, -0.2) is 30.5 Å². The molecule has 0 spiro atoms. The zero-order valence-corrected chi connectivity index (χ0v) is 10.2. The van der Waals surface area contributed by atoms with E-state index in [1.165, 1.54) is 0 Å². The number of nitrogens with one attached hydrogen (secondary N) is 1. The third kappa shape index (κ3) is 6.27. The maximum atomic E-state index is 11.4. The number of hydrogen-bond donors (Lipinski definition) is 2. The van der Waals surface area contributed by atoms with Gasteiger partial charge in [0.05, 0.1) is 6.04 Å². The SMILES string of the molecule is CSCCCCNC(=O)[C@@H](N)C(C)C. The molecular weight excluding hydrogens is 196 g/mol. The van der Waals surface area contributed by atoms with Crippen molar-refractivity contribution in [2.45, 2.75) is 32.7 Å². The average molecular weight is 218 g/mol. The van der Waals surface area contributed by atoms with E-state index in [1.807, 2.05) is 25.6 Å². The van der Waals surface area contributed by atoms with E-state index in [2.05, 4.69) is 11.6 Å². The van der Waals surface area contributed by atoms with Gasteiger partial charge in [-0.1, -0.05) is 13.8 Å². The molecule has 3 nitrogen and oxygen atoms in total. The Balaban J connectivity index is 3.44. The molecule has 0 bridgehead atoms. The second-order valence-corrected chi connectivity index (χ2v) is 4.75. The summed E-state index contributed by atoms with van der Waals surface area (Å²) in [4.78, 5) is 11.4. The summed E-state index contributed by atoms with van der Waals surface area (Å²) in [5.41, 5.74) is 5.68. The van der Waals surface area contributed by atoms with Crippen molar-refractivity contribution < 1.29 is 4.79 Å². The molecule has 0 saturated heterocycles. The summed E-state index contributed by atoms with van der Waals surface area (Å²) in [6.45, 7) is 4.66. The Labute approximate surface area is 91.2 Å². The minimum atomic E-state index is -0.365. The fourth-order valence-electron chi connectivity index (χ4n) is 1.00. The van der Waals surface area contributed by atoms with Crippen LogP contribution in [0.2, 0.25) is 0 Å². The first-order valence-electron chi connectivity index (χ1n) is 5.11. The molecule has 0 saturated carbocycles. The number of thioether (sulfide) groups is 1. The molecule has 0 heterocycles. The molecule has 4 heteroatoms. The van der Waals surface area contributed by atoms with Gasteiger partial charge in [-0.15, -0.1) is 0 Å². The van der Waals surface area contributed by atoms with Crippen LogP contribution in [0, 0.1) is 5.92 Å². The summed E-state index contributed by atoms with van der Waals surface area (Å²) >= 11 is 1.83. The summed E-state index contributed by atoms with van der Waals surface area (Å²) in [7, 11) is 0.